The van der Waals surface area contributed by atoms with E-state index in [4.69, 9.17) is 16.1 Å². The summed E-state index contributed by atoms with van der Waals surface area (Å²) in [5, 5.41) is 12.2. The molecular weight excluding hydrogens is 403 g/mol. The lowest BCUT2D eigenvalue weighted by Crippen LogP contribution is -2.21. The van der Waals surface area contributed by atoms with Crippen LogP contribution in [0.5, 0.6) is 0 Å². The molecule has 0 amide bonds. The summed E-state index contributed by atoms with van der Waals surface area (Å²) in [7, 11) is 1.84. The molecule has 0 aliphatic heterocycles. The van der Waals surface area contributed by atoms with Crippen molar-refractivity contribution in [3.05, 3.63) is 95.6 Å². The predicted octanol–water partition coefficient (Wildman–Crippen LogP) is 4.81. The fourth-order valence-corrected chi connectivity index (χ4v) is 3.53. The summed E-state index contributed by atoms with van der Waals surface area (Å²) in [4.78, 5) is 6.59. The molecule has 0 saturated carbocycles. The number of nitrogens with zero attached hydrogens (tertiary/aromatic N) is 4. The Hall–Kier alpha value is -4.00. The number of hydrogen-bond acceptors (Lipinski definition) is 4. The van der Waals surface area contributed by atoms with Crippen molar-refractivity contribution in [1.29, 1.82) is 5.41 Å². The van der Waals surface area contributed by atoms with Crippen LogP contribution in [0.3, 0.4) is 0 Å². The Bertz CT molecular complexity index is 1230. The molecule has 3 N–H and O–H groups in total. The molecule has 3 aromatic carbocycles. The van der Waals surface area contributed by atoms with Crippen molar-refractivity contribution >= 4 is 17.2 Å². The number of amidine groups is 1. The van der Waals surface area contributed by atoms with Crippen molar-refractivity contribution in [3.8, 4) is 11.4 Å². The standard InChI is InChI=1S/C25H25FN6/c1-3-17-9-14-21(26)22(15-17)32(20-12-10-18(11-13-20)24(27)28)16-23-29-25(30-31(23)2)19-7-5-4-6-8-19/h4-15H,3,16H2,1-2H3,(H3,27,28). The summed E-state index contributed by atoms with van der Waals surface area (Å²) in [6.45, 7) is 2.36. The summed E-state index contributed by atoms with van der Waals surface area (Å²) in [6.07, 6.45) is 0.798. The number of nitrogen functional groups attached to an aromatic ring is 1. The van der Waals surface area contributed by atoms with Crippen LogP contribution in [0.4, 0.5) is 15.8 Å². The lowest BCUT2D eigenvalue weighted by Gasteiger charge is -2.25. The fraction of sp³-hybridized carbons (Fsp3) is 0.160. The van der Waals surface area contributed by atoms with Crippen molar-refractivity contribution < 1.29 is 4.39 Å². The molecule has 0 aliphatic rings. The van der Waals surface area contributed by atoms with Gasteiger partial charge in [0, 0.05) is 23.9 Å². The average Bonchev–Trinajstić information content (AvgIpc) is 3.19. The monoisotopic (exact) mass is 428 g/mol. The molecule has 4 aromatic rings. The van der Waals surface area contributed by atoms with E-state index in [2.05, 4.69) is 5.10 Å². The molecule has 0 saturated heterocycles. The maximum atomic E-state index is 15.0. The molecule has 7 heteroatoms. The van der Waals surface area contributed by atoms with Crippen LogP contribution in [-0.4, -0.2) is 20.6 Å². The zero-order valence-corrected chi connectivity index (χ0v) is 18.1. The lowest BCUT2D eigenvalue weighted by atomic mass is 10.1. The molecule has 0 spiro atoms. The number of rotatable bonds is 7. The molecule has 1 aromatic heterocycles. The number of nitrogens with one attached hydrogen (secondary N) is 1. The first-order valence-electron chi connectivity index (χ1n) is 10.4. The van der Waals surface area contributed by atoms with Gasteiger partial charge >= 0.3 is 0 Å². The highest BCUT2D eigenvalue weighted by Crippen LogP contribution is 2.31. The van der Waals surface area contributed by atoms with Gasteiger partial charge in [-0.2, -0.15) is 5.10 Å². The Morgan fingerprint density at radius 1 is 1.06 bits per heavy atom. The summed E-state index contributed by atoms with van der Waals surface area (Å²) in [6, 6.07) is 22.1. The largest absolute Gasteiger partial charge is 0.384 e. The normalized spacial score (nSPS) is 10.8. The van der Waals surface area contributed by atoms with Crippen LogP contribution in [0, 0.1) is 11.2 Å². The maximum absolute atomic E-state index is 15.0. The van der Waals surface area contributed by atoms with Gasteiger partial charge in [0.25, 0.3) is 0 Å². The van der Waals surface area contributed by atoms with Crippen LogP contribution in [0.25, 0.3) is 11.4 Å². The Morgan fingerprint density at radius 2 is 1.78 bits per heavy atom. The first-order chi connectivity index (χ1) is 15.5. The molecular formula is C25H25FN6. The molecule has 32 heavy (non-hydrogen) atoms. The Labute approximate surface area is 186 Å². The third kappa shape index (κ3) is 4.37. The van der Waals surface area contributed by atoms with Crippen molar-refractivity contribution in [1.82, 2.24) is 14.8 Å². The minimum Gasteiger partial charge on any atom is -0.384 e. The second-order valence-electron chi connectivity index (χ2n) is 7.53. The smallest absolute Gasteiger partial charge is 0.181 e. The second-order valence-corrected chi connectivity index (χ2v) is 7.53. The van der Waals surface area contributed by atoms with Gasteiger partial charge in [-0.15, -0.1) is 0 Å². The average molecular weight is 429 g/mol. The van der Waals surface area contributed by atoms with Gasteiger partial charge in [-0.05, 0) is 48.4 Å². The van der Waals surface area contributed by atoms with Crippen LogP contribution >= 0.6 is 0 Å². The van der Waals surface area contributed by atoms with Gasteiger partial charge in [-0.3, -0.25) is 10.1 Å². The van der Waals surface area contributed by atoms with Crippen LogP contribution < -0.4 is 10.6 Å². The van der Waals surface area contributed by atoms with E-state index in [1.165, 1.54) is 6.07 Å². The number of hydrogen-bond donors (Lipinski definition) is 2. The Kier molecular flexibility index (Phi) is 5.98. The van der Waals surface area contributed by atoms with E-state index in [-0.39, 0.29) is 11.7 Å². The molecule has 0 fully saturated rings. The van der Waals surface area contributed by atoms with E-state index < -0.39 is 0 Å². The number of halogens is 1. The van der Waals surface area contributed by atoms with Crippen LogP contribution in [-0.2, 0) is 20.0 Å². The summed E-state index contributed by atoms with van der Waals surface area (Å²) in [5.74, 6) is 0.991. The van der Waals surface area contributed by atoms with Crippen molar-refractivity contribution in [2.24, 2.45) is 12.8 Å². The fourth-order valence-electron chi connectivity index (χ4n) is 3.53. The van der Waals surface area contributed by atoms with E-state index in [9.17, 15) is 4.39 Å². The molecule has 4 rings (SSSR count). The first kappa shape index (κ1) is 21.2. The zero-order chi connectivity index (χ0) is 22.7. The summed E-state index contributed by atoms with van der Waals surface area (Å²) < 4.78 is 16.7. The lowest BCUT2D eigenvalue weighted by molar-refractivity contribution is 0.619. The van der Waals surface area contributed by atoms with E-state index in [0.29, 0.717) is 29.4 Å². The van der Waals surface area contributed by atoms with Crippen molar-refractivity contribution in [2.75, 3.05) is 4.90 Å². The minimum atomic E-state index is -0.316. The highest BCUT2D eigenvalue weighted by Gasteiger charge is 2.19. The van der Waals surface area contributed by atoms with Crippen LogP contribution in [0.15, 0.2) is 72.8 Å². The minimum absolute atomic E-state index is 0.0111. The van der Waals surface area contributed by atoms with Crippen LogP contribution in [0.1, 0.15) is 23.9 Å². The summed E-state index contributed by atoms with van der Waals surface area (Å²) in [5.41, 5.74) is 9.41. The number of anilines is 2. The highest BCUT2D eigenvalue weighted by molar-refractivity contribution is 5.95. The van der Waals surface area contributed by atoms with Gasteiger partial charge < -0.3 is 10.6 Å². The Balaban J connectivity index is 1.77. The van der Waals surface area contributed by atoms with Crippen molar-refractivity contribution in [2.45, 2.75) is 19.9 Å². The van der Waals surface area contributed by atoms with E-state index in [1.807, 2.05) is 67.4 Å². The van der Waals surface area contributed by atoms with E-state index in [1.54, 1.807) is 22.9 Å². The highest BCUT2D eigenvalue weighted by atomic mass is 19.1. The molecule has 6 nitrogen and oxygen atoms in total. The van der Waals surface area contributed by atoms with Crippen molar-refractivity contribution in [3.63, 3.8) is 0 Å². The number of benzene rings is 3. The van der Waals surface area contributed by atoms with E-state index >= 15 is 0 Å². The van der Waals surface area contributed by atoms with Crippen LogP contribution in [0.2, 0.25) is 0 Å². The molecule has 0 atom stereocenters. The molecule has 162 valence electrons. The van der Waals surface area contributed by atoms with E-state index in [0.717, 1.165) is 23.2 Å². The molecule has 1 heterocycles. The third-order valence-corrected chi connectivity index (χ3v) is 5.38. The van der Waals surface area contributed by atoms with Gasteiger partial charge in [0.1, 0.15) is 17.5 Å². The third-order valence-electron chi connectivity index (χ3n) is 5.38. The SMILES string of the molecule is CCc1ccc(F)c(N(Cc2nc(-c3ccccc3)nn2C)c2ccc(C(=N)N)cc2)c1. The predicted molar refractivity (Wildman–Crippen MR) is 126 cm³/mol. The topological polar surface area (TPSA) is 83.8 Å². The molecule has 0 aliphatic carbocycles. The maximum Gasteiger partial charge on any atom is 0.181 e. The van der Waals surface area contributed by atoms with Gasteiger partial charge in [-0.25, -0.2) is 9.37 Å². The number of aromatic nitrogens is 3. The Morgan fingerprint density at radius 3 is 2.44 bits per heavy atom. The van der Waals surface area contributed by atoms with Gasteiger partial charge in [0.2, 0.25) is 0 Å². The second kappa shape index (κ2) is 9.01. The molecule has 0 bridgehead atoms. The quantitative estimate of drug-likeness (QED) is 0.327. The van der Waals surface area contributed by atoms with Gasteiger partial charge in [0.15, 0.2) is 5.82 Å². The number of nitrogens with two attached hydrogens (primary N) is 1. The molecule has 0 unspecified atom stereocenters. The van der Waals surface area contributed by atoms with Gasteiger partial charge in [-0.1, -0.05) is 43.3 Å². The first-order valence-corrected chi connectivity index (χ1v) is 10.4. The zero-order valence-electron chi connectivity index (χ0n) is 18.1. The number of aryl methyl sites for hydroxylation is 2. The molecule has 0 radical (unpaired) electrons. The van der Waals surface area contributed by atoms with Gasteiger partial charge in [0.05, 0.1) is 12.2 Å². The summed E-state index contributed by atoms with van der Waals surface area (Å²) >= 11 is 0.